The van der Waals surface area contributed by atoms with Crippen LogP contribution in [0.25, 0.3) is 11.5 Å². The highest BCUT2D eigenvalue weighted by atomic mass is 35.5. The predicted molar refractivity (Wildman–Crippen MR) is 86.7 cm³/mol. The monoisotopic (exact) mass is 365 g/mol. The van der Waals surface area contributed by atoms with Crippen LogP contribution in [0.1, 0.15) is 21.4 Å². The summed E-state index contributed by atoms with van der Waals surface area (Å²) in [6, 6.07) is 6.97. The van der Waals surface area contributed by atoms with Crippen LogP contribution < -0.4 is 0 Å². The zero-order valence-corrected chi connectivity index (χ0v) is 14.1. The molecule has 0 atom stereocenters. The molecule has 0 unspecified atom stereocenters. The second-order valence-electron chi connectivity index (χ2n) is 4.64. The Balaban J connectivity index is 1.60. The maximum Gasteiger partial charge on any atom is 0.358 e. The molecule has 0 saturated heterocycles. The van der Waals surface area contributed by atoms with Crippen molar-refractivity contribution in [2.24, 2.45) is 0 Å². The van der Waals surface area contributed by atoms with Crippen molar-refractivity contribution < 1.29 is 18.7 Å². The summed E-state index contributed by atoms with van der Waals surface area (Å²) < 4.78 is 15.5. The molecule has 3 aromatic rings. The van der Waals surface area contributed by atoms with Crippen LogP contribution >= 0.6 is 22.9 Å². The molecule has 0 aliphatic carbocycles. The fourth-order valence-corrected chi connectivity index (χ4v) is 2.68. The summed E-state index contributed by atoms with van der Waals surface area (Å²) >= 11 is 7.16. The van der Waals surface area contributed by atoms with E-state index in [1.807, 2.05) is 0 Å². The summed E-state index contributed by atoms with van der Waals surface area (Å²) in [6.07, 6.45) is 0. The lowest BCUT2D eigenvalue weighted by atomic mass is 10.2. The number of methoxy groups -OCH3 is 1. The van der Waals surface area contributed by atoms with Gasteiger partial charge in [-0.2, -0.15) is 0 Å². The molecule has 0 spiro atoms. The number of esters is 1. The number of nitrogens with zero attached hydrogens (tertiary/aromatic N) is 3. The first-order valence-corrected chi connectivity index (χ1v) is 8.10. The molecular formula is C15H12ClN3O4S. The zero-order valence-electron chi connectivity index (χ0n) is 12.6. The van der Waals surface area contributed by atoms with Gasteiger partial charge in [0.25, 0.3) is 5.89 Å². The van der Waals surface area contributed by atoms with E-state index in [0.717, 1.165) is 5.56 Å². The van der Waals surface area contributed by atoms with E-state index in [0.29, 0.717) is 22.5 Å². The Morgan fingerprint density at radius 2 is 2.04 bits per heavy atom. The third-order valence-electron chi connectivity index (χ3n) is 2.91. The highest BCUT2D eigenvalue weighted by molar-refractivity contribution is 7.09. The van der Waals surface area contributed by atoms with Gasteiger partial charge in [-0.15, -0.1) is 21.5 Å². The van der Waals surface area contributed by atoms with E-state index in [1.165, 1.54) is 11.3 Å². The van der Waals surface area contributed by atoms with Crippen molar-refractivity contribution in [2.45, 2.75) is 13.2 Å². The molecule has 0 saturated carbocycles. The van der Waals surface area contributed by atoms with Crippen LogP contribution in [0.4, 0.5) is 0 Å². The van der Waals surface area contributed by atoms with Crippen molar-refractivity contribution in [3.05, 3.63) is 51.3 Å². The number of hydrogen-bond acceptors (Lipinski definition) is 8. The molecule has 7 nitrogen and oxygen atoms in total. The van der Waals surface area contributed by atoms with Crippen molar-refractivity contribution in [1.82, 2.24) is 15.2 Å². The first kappa shape index (κ1) is 16.6. The molecule has 0 radical (unpaired) electrons. The molecule has 124 valence electrons. The highest BCUT2D eigenvalue weighted by Gasteiger charge is 2.15. The Morgan fingerprint density at radius 1 is 1.25 bits per heavy atom. The van der Waals surface area contributed by atoms with Crippen molar-refractivity contribution in [3.8, 4) is 11.5 Å². The van der Waals surface area contributed by atoms with E-state index in [1.54, 1.807) is 36.8 Å². The zero-order chi connectivity index (χ0) is 16.9. The van der Waals surface area contributed by atoms with Crippen molar-refractivity contribution in [3.63, 3.8) is 0 Å². The van der Waals surface area contributed by atoms with Gasteiger partial charge >= 0.3 is 5.97 Å². The van der Waals surface area contributed by atoms with Gasteiger partial charge in [-0.1, -0.05) is 11.6 Å². The lowest BCUT2D eigenvalue weighted by Gasteiger charge is -1.98. The number of benzene rings is 1. The standard InChI is InChI=1S/C15H12ClN3O4S/c1-21-7-13-17-11(8-24-13)15(20)22-6-12-18-19-14(23-12)9-2-4-10(16)5-3-9/h2-5,8H,6-7H2,1H3. The lowest BCUT2D eigenvalue weighted by Crippen LogP contribution is -2.06. The Kier molecular flexibility index (Phi) is 5.19. The van der Waals surface area contributed by atoms with Gasteiger partial charge in [0.2, 0.25) is 5.89 Å². The van der Waals surface area contributed by atoms with Crippen molar-refractivity contribution >= 4 is 28.9 Å². The molecule has 2 heterocycles. The number of aromatic nitrogens is 3. The molecule has 0 amide bonds. The summed E-state index contributed by atoms with van der Waals surface area (Å²) in [5.74, 6) is -0.0331. The molecule has 0 fully saturated rings. The van der Waals surface area contributed by atoms with Gasteiger partial charge in [0.15, 0.2) is 12.3 Å². The Hall–Kier alpha value is -2.29. The fraction of sp³-hybridized carbons (Fsp3) is 0.200. The summed E-state index contributed by atoms with van der Waals surface area (Å²) in [5.41, 5.74) is 0.956. The second-order valence-corrected chi connectivity index (χ2v) is 6.02. The molecule has 2 aromatic heterocycles. The molecule has 0 bridgehead atoms. The van der Waals surface area contributed by atoms with E-state index in [9.17, 15) is 4.79 Å². The van der Waals surface area contributed by atoms with E-state index in [-0.39, 0.29) is 18.2 Å². The van der Waals surface area contributed by atoms with Crippen LogP contribution in [0.5, 0.6) is 0 Å². The molecule has 0 aliphatic rings. The second kappa shape index (κ2) is 7.52. The minimum Gasteiger partial charge on any atom is -0.451 e. The number of hydrogen-bond donors (Lipinski definition) is 0. The smallest absolute Gasteiger partial charge is 0.358 e. The number of thiazole rings is 1. The van der Waals surface area contributed by atoms with Crippen molar-refractivity contribution in [1.29, 1.82) is 0 Å². The van der Waals surface area contributed by atoms with Crippen LogP contribution in [0.2, 0.25) is 5.02 Å². The first-order chi connectivity index (χ1) is 11.7. The van der Waals surface area contributed by atoms with Crippen LogP contribution in [-0.4, -0.2) is 28.3 Å². The molecule has 0 aliphatic heterocycles. The number of ether oxygens (including phenoxy) is 2. The first-order valence-electron chi connectivity index (χ1n) is 6.84. The van der Waals surface area contributed by atoms with Gasteiger partial charge in [0.1, 0.15) is 5.01 Å². The molecule has 0 N–H and O–H groups in total. The Morgan fingerprint density at radius 3 is 2.79 bits per heavy atom. The van der Waals surface area contributed by atoms with Gasteiger partial charge < -0.3 is 13.9 Å². The van der Waals surface area contributed by atoms with E-state index in [4.69, 9.17) is 25.5 Å². The van der Waals surface area contributed by atoms with Crippen LogP contribution in [0, 0.1) is 0 Å². The summed E-state index contributed by atoms with van der Waals surface area (Å²) in [6.45, 7) is 0.225. The topological polar surface area (TPSA) is 87.3 Å². The van der Waals surface area contributed by atoms with Gasteiger partial charge in [0, 0.05) is 23.1 Å². The van der Waals surface area contributed by atoms with Crippen LogP contribution in [0.15, 0.2) is 34.1 Å². The van der Waals surface area contributed by atoms with Gasteiger partial charge in [0.05, 0.1) is 6.61 Å². The molecule has 9 heteroatoms. The summed E-state index contributed by atoms with van der Waals surface area (Å²) in [4.78, 5) is 16.0. The van der Waals surface area contributed by atoms with Crippen LogP contribution in [0.3, 0.4) is 0 Å². The quantitative estimate of drug-likeness (QED) is 0.619. The predicted octanol–water partition coefficient (Wildman–Crippen LogP) is 3.35. The Labute approximate surface area is 146 Å². The van der Waals surface area contributed by atoms with Gasteiger partial charge in [-0.3, -0.25) is 0 Å². The Bertz CT molecular complexity index is 831. The largest absolute Gasteiger partial charge is 0.451 e. The summed E-state index contributed by atoms with van der Waals surface area (Å²) in [5, 5.41) is 10.7. The average Bonchev–Trinajstić information content (AvgIpc) is 3.23. The van der Waals surface area contributed by atoms with E-state index >= 15 is 0 Å². The maximum absolute atomic E-state index is 11.9. The molecular weight excluding hydrogens is 354 g/mol. The molecule has 1 aromatic carbocycles. The SMILES string of the molecule is COCc1nc(C(=O)OCc2nnc(-c3ccc(Cl)cc3)o2)cs1. The number of carbonyl (C=O) groups is 1. The lowest BCUT2D eigenvalue weighted by molar-refractivity contribution is 0.0432. The number of carbonyl (C=O) groups excluding carboxylic acids is 1. The third-order valence-corrected chi connectivity index (χ3v) is 3.99. The molecule has 3 rings (SSSR count). The average molecular weight is 366 g/mol. The summed E-state index contributed by atoms with van der Waals surface area (Å²) in [7, 11) is 1.56. The highest BCUT2D eigenvalue weighted by Crippen LogP contribution is 2.20. The minimum atomic E-state index is -0.556. The van der Waals surface area contributed by atoms with Gasteiger partial charge in [-0.25, -0.2) is 9.78 Å². The number of rotatable bonds is 6. The molecule has 24 heavy (non-hydrogen) atoms. The van der Waals surface area contributed by atoms with E-state index < -0.39 is 5.97 Å². The normalized spacial score (nSPS) is 10.8. The van der Waals surface area contributed by atoms with Gasteiger partial charge in [-0.05, 0) is 24.3 Å². The maximum atomic E-state index is 11.9. The fourth-order valence-electron chi connectivity index (χ4n) is 1.82. The van der Waals surface area contributed by atoms with Crippen LogP contribution in [-0.2, 0) is 22.7 Å². The van der Waals surface area contributed by atoms with Crippen molar-refractivity contribution in [2.75, 3.05) is 7.11 Å². The number of halogens is 1. The van der Waals surface area contributed by atoms with E-state index in [2.05, 4.69) is 15.2 Å². The minimum absolute atomic E-state index is 0.128. The third kappa shape index (κ3) is 3.97.